The number of carbonyl (C=O) groups excluding carboxylic acids is 1. The van der Waals surface area contributed by atoms with Gasteiger partial charge in [0, 0.05) is 17.9 Å². The van der Waals surface area contributed by atoms with Crippen LogP contribution in [0, 0.1) is 5.82 Å². The molecule has 1 aromatic rings. The van der Waals surface area contributed by atoms with E-state index < -0.39 is 15.8 Å². The molecule has 0 radical (unpaired) electrons. The van der Waals surface area contributed by atoms with Crippen molar-refractivity contribution in [1.29, 1.82) is 0 Å². The van der Waals surface area contributed by atoms with E-state index in [1.54, 1.807) is 0 Å². The Hall–Kier alpha value is -1.12. The normalized spacial score (nSPS) is 11.3. The predicted molar refractivity (Wildman–Crippen MR) is 69.4 cm³/mol. The van der Waals surface area contributed by atoms with E-state index >= 15 is 0 Å². The van der Waals surface area contributed by atoms with Gasteiger partial charge < -0.3 is 5.32 Å². The zero-order chi connectivity index (χ0) is 13.8. The highest BCUT2D eigenvalue weighted by Gasteiger charge is 2.12. The minimum Gasteiger partial charge on any atom is -0.326 e. The number of carbonyl (C=O) groups is 1. The van der Waals surface area contributed by atoms with Gasteiger partial charge in [0.1, 0.15) is 5.82 Å². The quantitative estimate of drug-likeness (QED) is 0.852. The Balaban J connectivity index is 2.90. The Bertz CT molecular complexity index is 546. The van der Waals surface area contributed by atoms with Crippen molar-refractivity contribution in [2.24, 2.45) is 5.14 Å². The maximum atomic E-state index is 13.2. The van der Waals surface area contributed by atoms with Crippen LogP contribution in [0.4, 0.5) is 10.1 Å². The number of primary sulfonamides is 1. The maximum Gasteiger partial charge on any atom is 0.238 e. The van der Waals surface area contributed by atoms with Crippen molar-refractivity contribution in [2.75, 3.05) is 17.3 Å². The topological polar surface area (TPSA) is 89.3 Å². The lowest BCUT2D eigenvalue weighted by Crippen LogP contribution is -2.15. The van der Waals surface area contributed by atoms with Gasteiger partial charge in [-0.15, -0.1) is 0 Å². The van der Waals surface area contributed by atoms with Gasteiger partial charge >= 0.3 is 0 Å². The molecule has 0 fully saturated rings. The Labute approximate surface area is 109 Å². The first kappa shape index (κ1) is 14.9. The van der Waals surface area contributed by atoms with Gasteiger partial charge in [0.05, 0.1) is 4.90 Å². The third-order valence-electron chi connectivity index (χ3n) is 2.02. The summed E-state index contributed by atoms with van der Waals surface area (Å²) in [6.07, 6.45) is 2.12. The van der Waals surface area contributed by atoms with Crippen LogP contribution < -0.4 is 10.5 Å². The summed E-state index contributed by atoms with van der Waals surface area (Å²) < 4.78 is 35.4. The lowest BCUT2D eigenvalue weighted by molar-refractivity contribution is -0.115. The van der Waals surface area contributed by atoms with Gasteiger partial charge in [-0.05, 0) is 24.5 Å². The molecule has 3 N–H and O–H groups in total. The molecule has 5 nitrogen and oxygen atoms in total. The zero-order valence-electron chi connectivity index (χ0n) is 9.64. The second-order valence-corrected chi connectivity index (χ2v) is 6.06. The molecule has 0 saturated carbocycles. The van der Waals surface area contributed by atoms with Crippen molar-refractivity contribution in [3.05, 3.63) is 24.0 Å². The monoisotopic (exact) mass is 292 g/mol. The van der Waals surface area contributed by atoms with Crippen LogP contribution in [0.1, 0.15) is 6.42 Å². The van der Waals surface area contributed by atoms with Crippen molar-refractivity contribution in [2.45, 2.75) is 11.3 Å². The van der Waals surface area contributed by atoms with Crippen molar-refractivity contribution < 1.29 is 17.6 Å². The molecule has 100 valence electrons. The number of hydrogen-bond donors (Lipinski definition) is 2. The van der Waals surface area contributed by atoms with Gasteiger partial charge in [0.15, 0.2) is 0 Å². The lowest BCUT2D eigenvalue weighted by atomic mass is 10.3. The number of benzene rings is 1. The summed E-state index contributed by atoms with van der Waals surface area (Å²) in [5.74, 6) is -0.458. The van der Waals surface area contributed by atoms with Crippen LogP contribution in [0.3, 0.4) is 0 Å². The summed E-state index contributed by atoms with van der Waals surface area (Å²) in [7, 11) is -4.00. The molecule has 0 aliphatic carbocycles. The summed E-state index contributed by atoms with van der Waals surface area (Å²) in [6.45, 7) is 0. The molecular formula is C10H13FN2O3S2. The number of hydrogen-bond acceptors (Lipinski definition) is 4. The van der Waals surface area contributed by atoms with E-state index in [9.17, 15) is 17.6 Å². The zero-order valence-corrected chi connectivity index (χ0v) is 11.3. The van der Waals surface area contributed by atoms with E-state index in [0.717, 1.165) is 18.2 Å². The fourth-order valence-corrected chi connectivity index (χ4v) is 2.18. The summed E-state index contributed by atoms with van der Waals surface area (Å²) in [6, 6.07) is 2.95. The van der Waals surface area contributed by atoms with Gasteiger partial charge in [-0.2, -0.15) is 11.8 Å². The molecule has 0 unspecified atom stereocenters. The van der Waals surface area contributed by atoms with E-state index in [1.165, 1.54) is 11.8 Å². The number of thioether (sulfide) groups is 1. The van der Waals surface area contributed by atoms with Crippen LogP contribution >= 0.6 is 11.8 Å². The maximum absolute atomic E-state index is 13.2. The van der Waals surface area contributed by atoms with Gasteiger partial charge in [0.25, 0.3) is 0 Å². The lowest BCUT2D eigenvalue weighted by Gasteiger charge is -2.06. The van der Waals surface area contributed by atoms with Crippen LogP contribution in [0.2, 0.25) is 0 Å². The van der Waals surface area contributed by atoms with Crippen LogP contribution in [-0.4, -0.2) is 26.3 Å². The van der Waals surface area contributed by atoms with E-state index in [-0.39, 0.29) is 22.9 Å². The van der Waals surface area contributed by atoms with Crippen LogP contribution in [0.15, 0.2) is 23.1 Å². The molecule has 0 bridgehead atoms. The molecule has 0 aliphatic heterocycles. The second-order valence-electron chi connectivity index (χ2n) is 3.51. The Morgan fingerprint density at radius 2 is 2.11 bits per heavy atom. The fourth-order valence-electron chi connectivity index (χ4n) is 1.22. The second kappa shape index (κ2) is 6.17. The molecule has 1 aromatic carbocycles. The molecule has 8 heteroatoms. The highest BCUT2D eigenvalue weighted by molar-refractivity contribution is 7.98. The summed E-state index contributed by atoms with van der Waals surface area (Å²) in [4.78, 5) is 11.0. The van der Waals surface area contributed by atoms with Gasteiger partial charge in [-0.1, -0.05) is 0 Å². The number of halogens is 1. The smallest absolute Gasteiger partial charge is 0.238 e. The van der Waals surface area contributed by atoms with E-state index in [1.807, 2.05) is 6.26 Å². The highest BCUT2D eigenvalue weighted by atomic mass is 32.2. The largest absolute Gasteiger partial charge is 0.326 e. The summed E-state index contributed by atoms with van der Waals surface area (Å²) in [5, 5.41) is 7.31. The Morgan fingerprint density at radius 1 is 1.44 bits per heavy atom. The molecule has 18 heavy (non-hydrogen) atoms. The molecular weight excluding hydrogens is 279 g/mol. The average molecular weight is 292 g/mol. The van der Waals surface area contributed by atoms with Gasteiger partial charge in [-0.25, -0.2) is 17.9 Å². The van der Waals surface area contributed by atoms with Crippen LogP contribution in [0.5, 0.6) is 0 Å². The van der Waals surface area contributed by atoms with Crippen LogP contribution in [0.25, 0.3) is 0 Å². The SMILES string of the molecule is CSCCC(=O)Nc1cc(F)cc(S(N)(=O)=O)c1. The minimum atomic E-state index is -4.00. The number of anilines is 1. The van der Waals surface area contributed by atoms with Crippen molar-refractivity contribution >= 4 is 33.4 Å². The Kier molecular flexibility index (Phi) is 5.12. The first-order valence-electron chi connectivity index (χ1n) is 4.95. The predicted octanol–water partition coefficient (Wildman–Crippen LogP) is 1.16. The highest BCUT2D eigenvalue weighted by Crippen LogP contribution is 2.17. The van der Waals surface area contributed by atoms with Gasteiger partial charge in [-0.3, -0.25) is 4.79 Å². The molecule has 0 saturated heterocycles. The first-order chi connectivity index (χ1) is 8.32. The average Bonchev–Trinajstić information content (AvgIpc) is 2.24. The molecule has 1 rings (SSSR count). The first-order valence-corrected chi connectivity index (χ1v) is 7.89. The molecule has 0 spiro atoms. The van der Waals surface area contributed by atoms with Crippen LogP contribution in [-0.2, 0) is 14.8 Å². The number of nitrogens with one attached hydrogen (secondary N) is 1. The molecule has 1 amide bonds. The Morgan fingerprint density at radius 3 is 2.67 bits per heavy atom. The fraction of sp³-hybridized carbons (Fsp3) is 0.300. The molecule has 0 heterocycles. The third-order valence-corrected chi connectivity index (χ3v) is 3.52. The number of amides is 1. The molecule has 0 aliphatic rings. The molecule has 0 atom stereocenters. The summed E-state index contributed by atoms with van der Waals surface area (Å²) in [5.41, 5.74) is 0.0742. The van der Waals surface area contributed by atoms with E-state index in [4.69, 9.17) is 5.14 Å². The minimum absolute atomic E-state index is 0.0742. The third kappa shape index (κ3) is 4.63. The van der Waals surface area contributed by atoms with E-state index in [2.05, 4.69) is 5.32 Å². The number of sulfonamides is 1. The van der Waals surface area contributed by atoms with Gasteiger partial charge in [0.2, 0.25) is 15.9 Å². The van der Waals surface area contributed by atoms with Crippen molar-refractivity contribution in [3.8, 4) is 0 Å². The van der Waals surface area contributed by atoms with E-state index in [0.29, 0.717) is 5.75 Å². The standard InChI is InChI=1S/C10H13FN2O3S2/c1-17-3-2-10(14)13-8-4-7(11)5-9(6-8)18(12,15)16/h4-6H,2-3H2,1H3,(H,13,14)(H2,12,15,16). The molecule has 0 aromatic heterocycles. The summed E-state index contributed by atoms with van der Waals surface area (Å²) >= 11 is 1.50. The van der Waals surface area contributed by atoms with Crippen molar-refractivity contribution in [1.82, 2.24) is 0 Å². The number of nitrogens with two attached hydrogens (primary N) is 1. The number of rotatable bonds is 5. The van der Waals surface area contributed by atoms with Crippen molar-refractivity contribution in [3.63, 3.8) is 0 Å².